The minimum absolute atomic E-state index is 0. The Hall–Kier alpha value is -0.835. The van der Waals surface area contributed by atoms with Gasteiger partial charge < -0.3 is 10.0 Å². The van der Waals surface area contributed by atoms with E-state index in [4.69, 9.17) is 10.0 Å². The van der Waals surface area contributed by atoms with Crippen LogP contribution in [0.1, 0.15) is 46.2 Å². The van der Waals surface area contributed by atoms with Gasteiger partial charge in [0.1, 0.15) is 0 Å². The quantitative estimate of drug-likeness (QED) is 0.806. The monoisotopic (exact) mass is 250 g/mol. The van der Waals surface area contributed by atoms with Gasteiger partial charge in [-0.2, -0.15) is 0 Å². The first-order valence-corrected chi connectivity index (χ1v) is 6.38. The highest BCUT2D eigenvalue weighted by atomic mass is 16.4. The van der Waals surface area contributed by atoms with Crippen molar-refractivity contribution in [3.63, 3.8) is 0 Å². The largest absolute Gasteiger partial charge is 0.482 e. The van der Waals surface area contributed by atoms with E-state index in [0.717, 1.165) is 0 Å². The summed E-state index contributed by atoms with van der Waals surface area (Å²) in [6.45, 7) is 11.3. The van der Waals surface area contributed by atoms with Crippen LogP contribution in [0.4, 0.5) is 0 Å². The van der Waals surface area contributed by atoms with Crippen LogP contribution < -0.4 is 0 Å². The highest BCUT2D eigenvalue weighted by Crippen LogP contribution is 2.24. The van der Waals surface area contributed by atoms with E-state index in [0.29, 0.717) is 18.1 Å². The molecule has 0 amide bonds. The SMILES string of the molecule is CC(C)N(C(C)C)C(C)c1ccccc1.O[B]O. The Morgan fingerprint density at radius 3 is 1.61 bits per heavy atom. The molecule has 4 heteroatoms. The molecule has 18 heavy (non-hydrogen) atoms. The third kappa shape index (κ3) is 5.67. The third-order valence-electron chi connectivity index (χ3n) is 2.92. The molecule has 0 aliphatic heterocycles. The van der Waals surface area contributed by atoms with Crippen molar-refractivity contribution in [2.24, 2.45) is 0 Å². The lowest BCUT2D eigenvalue weighted by atomic mass is 10.0. The zero-order chi connectivity index (χ0) is 14.1. The van der Waals surface area contributed by atoms with E-state index in [-0.39, 0.29) is 7.69 Å². The summed E-state index contributed by atoms with van der Waals surface area (Å²) < 4.78 is 0. The first-order chi connectivity index (χ1) is 8.45. The molecule has 0 fully saturated rings. The summed E-state index contributed by atoms with van der Waals surface area (Å²) in [6, 6.07) is 12.4. The van der Waals surface area contributed by atoms with Crippen LogP contribution in [-0.4, -0.2) is 34.7 Å². The van der Waals surface area contributed by atoms with Crippen LogP contribution in [0.25, 0.3) is 0 Å². The average Bonchev–Trinajstić information content (AvgIpc) is 2.30. The Labute approximate surface area is 112 Å². The molecule has 0 bridgehead atoms. The first kappa shape index (κ1) is 17.2. The molecule has 1 radical (unpaired) electrons. The van der Waals surface area contributed by atoms with Gasteiger partial charge in [0.25, 0.3) is 0 Å². The molecule has 3 nitrogen and oxygen atoms in total. The second kappa shape index (κ2) is 9.14. The zero-order valence-corrected chi connectivity index (χ0v) is 12.0. The molecule has 2 N–H and O–H groups in total. The van der Waals surface area contributed by atoms with Gasteiger partial charge in [0, 0.05) is 18.1 Å². The fraction of sp³-hybridized carbons (Fsp3) is 0.571. The summed E-state index contributed by atoms with van der Waals surface area (Å²) in [6.07, 6.45) is 0. The number of rotatable bonds is 4. The molecular formula is C14H25BNO2. The summed E-state index contributed by atoms with van der Waals surface area (Å²) in [7, 11) is 0. The fourth-order valence-electron chi connectivity index (χ4n) is 2.39. The van der Waals surface area contributed by atoms with Crippen molar-refractivity contribution in [1.82, 2.24) is 4.90 Å². The van der Waals surface area contributed by atoms with Crippen LogP contribution in [0.5, 0.6) is 0 Å². The van der Waals surface area contributed by atoms with Gasteiger partial charge in [-0.15, -0.1) is 0 Å². The lowest BCUT2D eigenvalue weighted by molar-refractivity contribution is 0.123. The molecule has 0 aliphatic carbocycles. The van der Waals surface area contributed by atoms with E-state index >= 15 is 0 Å². The third-order valence-corrected chi connectivity index (χ3v) is 2.92. The molecule has 0 saturated heterocycles. The Morgan fingerprint density at radius 2 is 1.28 bits per heavy atom. The van der Waals surface area contributed by atoms with Gasteiger partial charge in [-0.05, 0) is 40.2 Å². The molecule has 0 spiro atoms. The summed E-state index contributed by atoms with van der Waals surface area (Å²) in [4.78, 5) is 2.54. The molecule has 0 aromatic heterocycles. The Kier molecular flexibility index (Phi) is 8.72. The molecule has 101 valence electrons. The number of hydrogen-bond acceptors (Lipinski definition) is 3. The van der Waals surface area contributed by atoms with Gasteiger partial charge in [-0.3, -0.25) is 4.90 Å². The lowest BCUT2D eigenvalue weighted by Crippen LogP contribution is -2.38. The number of nitrogens with zero attached hydrogens (tertiary/aromatic N) is 1. The summed E-state index contributed by atoms with van der Waals surface area (Å²) in [5, 5.41) is 14.0. The molecule has 0 saturated carbocycles. The van der Waals surface area contributed by atoms with Crippen molar-refractivity contribution in [3.8, 4) is 0 Å². The van der Waals surface area contributed by atoms with Gasteiger partial charge in [-0.1, -0.05) is 30.3 Å². The molecule has 1 atom stereocenters. The van der Waals surface area contributed by atoms with E-state index in [1.165, 1.54) is 5.56 Å². The van der Waals surface area contributed by atoms with Crippen LogP contribution in [0.15, 0.2) is 30.3 Å². The Morgan fingerprint density at radius 1 is 0.889 bits per heavy atom. The Balaban J connectivity index is 0.000000873. The number of hydrogen-bond donors (Lipinski definition) is 2. The molecule has 1 aromatic carbocycles. The maximum Gasteiger partial charge on any atom is 0.482 e. The van der Waals surface area contributed by atoms with Crippen molar-refractivity contribution in [2.45, 2.75) is 52.7 Å². The highest BCUT2D eigenvalue weighted by molar-refractivity contribution is 6.13. The second-order valence-corrected chi connectivity index (χ2v) is 4.84. The summed E-state index contributed by atoms with van der Waals surface area (Å²) in [5.74, 6) is 0. The molecular weight excluding hydrogens is 225 g/mol. The van der Waals surface area contributed by atoms with E-state index in [2.05, 4.69) is 69.9 Å². The van der Waals surface area contributed by atoms with E-state index in [9.17, 15) is 0 Å². The maximum absolute atomic E-state index is 7.00. The maximum atomic E-state index is 7.00. The predicted octanol–water partition coefficient (Wildman–Crippen LogP) is 2.37. The molecule has 1 unspecified atom stereocenters. The normalized spacial score (nSPS) is 12.3. The van der Waals surface area contributed by atoms with E-state index in [1.54, 1.807) is 0 Å². The van der Waals surface area contributed by atoms with Gasteiger partial charge in [0.15, 0.2) is 0 Å². The van der Waals surface area contributed by atoms with Crippen molar-refractivity contribution in [3.05, 3.63) is 35.9 Å². The second-order valence-electron chi connectivity index (χ2n) is 4.84. The summed E-state index contributed by atoms with van der Waals surface area (Å²) in [5.41, 5.74) is 1.40. The first-order valence-electron chi connectivity index (χ1n) is 6.38. The zero-order valence-electron chi connectivity index (χ0n) is 12.0. The van der Waals surface area contributed by atoms with Crippen molar-refractivity contribution in [1.29, 1.82) is 0 Å². The average molecular weight is 250 g/mol. The standard InChI is InChI=1S/C14H23N.BH2O2/c1-11(2)15(12(3)4)13(5)14-9-7-6-8-10-14;2-1-3/h6-13H,1-5H3;2-3H. The number of benzene rings is 1. The Bertz CT molecular complexity index is 296. The highest BCUT2D eigenvalue weighted by Gasteiger charge is 2.20. The lowest BCUT2D eigenvalue weighted by Gasteiger charge is -2.36. The van der Waals surface area contributed by atoms with Crippen LogP contribution >= 0.6 is 0 Å². The smallest absolute Gasteiger partial charge is 0.429 e. The molecule has 1 rings (SSSR count). The van der Waals surface area contributed by atoms with Crippen molar-refractivity contribution >= 4 is 7.69 Å². The van der Waals surface area contributed by atoms with Crippen LogP contribution in [0.3, 0.4) is 0 Å². The van der Waals surface area contributed by atoms with Crippen molar-refractivity contribution < 1.29 is 10.0 Å². The van der Waals surface area contributed by atoms with Crippen molar-refractivity contribution in [2.75, 3.05) is 0 Å². The minimum Gasteiger partial charge on any atom is -0.429 e. The van der Waals surface area contributed by atoms with Gasteiger partial charge in [-0.25, -0.2) is 0 Å². The minimum atomic E-state index is 0. The fourth-order valence-corrected chi connectivity index (χ4v) is 2.39. The summed E-state index contributed by atoms with van der Waals surface area (Å²) >= 11 is 0. The molecule has 1 aromatic rings. The van der Waals surface area contributed by atoms with Crippen LogP contribution in [-0.2, 0) is 0 Å². The van der Waals surface area contributed by atoms with E-state index < -0.39 is 0 Å². The van der Waals surface area contributed by atoms with E-state index in [1.807, 2.05) is 0 Å². The van der Waals surface area contributed by atoms with Gasteiger partial charge in [0.2, 0.25) is 0 Å². The molecule has 0 aliphatic rings. The van der Waals surface area contributed by atoms with Crippen LogP contribution in [0.2, 0.25) is 0 Å². The van der Waals surface area contributed by atoms with Crippen LogP contribution in [0, 0.1) is 0 Å². The predicted molar refractivity (Wildman–Crippen MR) is 77.2 cm³/mol. The topological polar surface area (TPSA) is 43.7 Å². The molecule has 0 heterocycles. The van der Waals surface area contributed by atoms with Gasteiger partial charge >= 0.3 is 7.69 Å². The van der Waals surface area contributed by atoms with Gasteiger partial charge in [0.05, 0.1) is 0 Å².